The van der Waals surface area contributed by atoms with Crippen molar-refractivity contribution in [2.75, 3.05) is 6.54 Å². The normalized spacial score (nSPS) is 16.3. The molecule has 128 valence electrons. The van der Waals surface area contributed by atoms with Crippen molar-refractivity contribution in [3.05, 3.63) is 51.5 Å². The van der Waals surface area contributed by atoms with E-state index in [2.05, 4.69) is 34.7 Å². The number of nitrogens with two attached hydrogens (primary N) is 1. The van der Waals surface area contributed by atoms with E-state index in [0.29, 0.717) is 18.2 Å². The maximum Gasteiger partial charge on any atom is 0.275 e. The van der Waals surface area contributed by atoms with E-state index in [-0.39, 0.29) is 5.56 Å². The zero-order chi connectivity index (χ0) is 17.4. The van der Waals surface area contributed by atoms with Crippen molar-refractivity contribution in [1.82, 2.24) is 14.5 Å². The van der Waals surface area contributed by atoms with E-state index in [0.717, 1.165) is 46.6 Å². The number of hydrogen-bond acceptors (Lipinski definition) is 3. The van der Waals surface area contributed by atoms with Crippen molar-refractivity contribution >= 4 is 23.1 Å². The highest BCUT2D eigenvalue weighted by Gasteiger charge is 2.15. The Bertz CT molecular complexity index is 1110. The fourth-order valence-corrected chi connectivity index (χ4v) is 3.47. The van der Waals surface area contributed by atoms with Crippen LogP contribution < -0.4 is 22.0 Å². The molecule has 0 fully saturated rings. The molecular formula is C20H22N4O. The van der Waals surface area contributed by atoms with E-state index in [4.69, 9.17) is 10.7 Å². The Morgan fingerprint density at radius 2 is 2.20 bits per heavy atom. The minimum Gasteiger partial charge on any atom is -0.347 e. The molecule has 0 amide bonds. The molecule has 5 nitrogen and oxygen atoms in total. The van der Waals surface area contributed by atoms with Gasteiger partial charge in [-0.3, -0.25) is 4.79 Å². The van der Waals surface area contributed by atoms with Gasteiger partial charge in [0.15, 0.2) is 0 Å². The number of benzene rings is 1. The number of aromatic amines is 1. The summed E-state index contributed by atoms with van der Waals surface area (Å²) in [5.74, 6) is 0.435. The van der Waals surface area contributed by atoms with E-state index in [1.807, 2.05) is 24.4 Å². The van der Waals surface area contributed by atoms with Gasteiger partial charge in [0.05, 0.1) is 10.7 Å². The highest BCUT2D eigenvalue weighted by atomic mass is 16.1. The molecule has 3 N–H and O–H groups in total. The van der Waals surface area contributed by atoms with Gasteiger partial charge in [-0.1, -0.05) is 37.3 Å². The molecule has 0 spiro atoms. The van der Waals surface area contributed by atoms with Gasteiger partial charge in [-0.2, -0.15) is 0 Å². The first-order valence-electron chi connectivity index (χ1n) is 8.78. The number of hydrogen-bond donors (Lipinski definition) is 2. The molecule has 0 saturated carbocycles. The number of nitrogens with zero attached hydrogens (tertiary/aromatic N) is 2. The van der Waals surface area contributed by atoms with Gasteiger partial charge in [0, 0.05) is 29.2 Å². The average molecular weight is 334 g/mol. The van der Waals surface area contributed by atoms with Crippen LogP contribution in [0.25, 0.3) is 34.3 Å². The zero-order valence-electron chi connectivity index (χ0n) is 14.3. The number of para-hydroxylation sites is 1. The summed E-state index contributed by atoms with van der Waals surface area (Å²) >= 11 is 0. The summed E-state index contributed by atoms with van der Waals surface area (Å²) in [5, 5.41) is 2.75. The number of aromatic nitrogens is 3. The van der Waals surface area contributed by atoms with Crippen LogP contribution in [0.1, 0.15) is 19.8 Å². The van der Waals surface area contributed by atoms with Crippen LogP contribution in [-0.2, 0) is 6.54 Å². The Kier molecular flexibility index (Phi) is 4.01. The molecule has 4 rings (SSSR count). The molecule has 0 aliphatic heterocycles. The summed E-state index contributed by atoms with van der Waals surface area (Å²) in [6, 6.07) is 8.13. The summed E-state index contributed by atoms with van der Waals surface area (Å²) in [7, 11) is 0. The minimum absolute atomic E-state index is 0.139. The standard InChI is InChI=1S/C20H22N4O/c1-13-7-8-16-17(11-13)22-19(20(25)23-16)15-12-24(10-4-9-21)18-6-3-2-5-14(15)18/h2-3,5-6,8,11-13H,4,7,9-10,21H2,1H3,(H,23,25). The number of nitrogens with one attached hydrogen (secondary N) is 1. The summed E-state index contributed by atoms with van der Waals surface area (Å²) in [6.45, 7) is 3.63. The van der Waals surface area contributed by atoms with Gasteiger partial charge in [-0.05, 0) is 31.4 Å². The molecule has 3 aromatic rings. The van der Waals surface area contributed by atoms with Gasteiger partial charge in [0.25, 0.3) is 5.56 Å². The van der Waals surface area contributed by atoms with Gasteiger partial charge in [0.1, 0.15) is 5.69 Å². The molecule has 0 bridgehead atoms. The third-order valence-electron chi connectivity index (χ3n) is 4.75. The topological polar surface area (TPSA) is 76.7 Å². The average Bonchev–Trinajstić information content (AvgIpc) is 2.98. The number of rotatable bonds is 4. The van der Waals surface area contributed by atoms with Crippen molar-refractivity contribution in [1.29, 1.82) is 0 Å². The maximum absolute atomic E-state index is 12.7. The summed E-state index contributed by atoms with van der Waals surface area (Å²) in [4.78, 5) is 20.4. The fraction of sp³-hybridized carbons (Fsp3) is 0.300. The monoisotopic (exact) mass is 334 g/mol. The lowest BCUT2D eigenvalue weighted by molar-refractivity contribution is 0.671. The SMILES string of the molecule is CC1C=c2nc(-c3cn(CCCN)c4ccccc34)c(=O)[nH]c2=CC1. The second-order valence-corrected chi connectivity index (χ2v) is 6.69. The van der Waals surface area contributed by atoms with Gasteiger partial charge in [0.2, 0.25) is 0 Å². The largest absolute Gasteiger partial charge is 0.347 e. The summed E-state index contributed by atoms with van der Waals surface area (Å²) in [6.07, 6.45) is 8.04. The van der Waals surface area contributed by atoms with E-state index in [9.17, 15) is 4.79 Å². The van der Waals surface area contributed by atoms with Crippen molar-refractivity contribution < 1.29 is 0 Å². The second kappa shape index (κ2) is 6.33. The lowest BCUT2D eigenvalue weighted by Gasteiger charge is -2.07. The van der Waals surface area contributed by atoms with Gasteiger partial charge < -0.3 is 15.3 Å². The van der Waals surface area contributed by atoms with Crippen LogP contribution >= 0.6 is 0 Å². The summed E-state index contributed by atoms with van der Waals surface area (Å²) in [5.41, 5.74) is 7.99. The molecule has 1 aliphatic rings. The predicted molar refractivity (Wildman–Crippen MR) is 101 cm³/mol. The molecule has 1 aliphatic carbocycles. The van der Waals surface area contributed by atoms with E-state index in [1.54, 1.807) is 0 Å². The Morgan fingerprint density at radius 1 is 1.36 bits per heavy atom. The lowest BCUT2D eigenvalue weighted by atomic mass is 10.0. The predicted octanol–water partition coefficient (Wildman–Crippen LogP) is 1.34. The van der Waals surface area contributed by atoms with E-state index in [1.165, 1.54) is 0 Å². The van der Waals surface area contributed by atoms with E-state index < -0.39 is 0 Å². The van der Waals surface area contributed by atoms with Gasteiger partial charge in [-0.25, -0.2) is 4.98 Å². The molecular weight excluding hydrogens is 312 g/mol. The first kappa shape index (κ1) is 15.8. The molecule has 1 atom stereocenters. The van der Waals surface area contributed by atoms with E-state index >= 15 is 0 Å². The molecule has 0 saturated heterocycles. The Hall–Kier alpha value is -2.66. The van der Waals surface area contributed by atoms with Crippen LogP contribution in [-0.4, -0.2) is 21.1 Å². The molecule has 0 radical (unpaired) electrons. The smallest absolute Gasteiger partial charge is 0.275 e. The lowest BCUT2D eigenvalue weighted by Crippen LogP contribution is -2.40. The van der Waals surface area contributed by atoms with Crippen molar-refractivity contribution in [2.24, 2.45) is 11.7 Å². The van der Waals surface area contributed by atoms with Gasteiger partial charge in [-0.15, -0.1) is 0 Å². The highest BCUT2D eigenvalue weighted by molar-refractivity contribution is 5.95. The molecule has 25 heavy (non-hydrogen) atoms. The zero-order valence-corrected chi connectivity index (χ0v) is 14.3. The third-order valence-corrected chi connectivity index (χ3v) is 4.75. The number of fused-ring (bicyclic) bond motifs is 2. The van der Waals surface area contributed by atoms with Crippen LogP contribution in [0.5, 0.6) is 0 Å². The van der Waals surface area contributed by atoms with Crippen molar-refractivity contribution in [3.63, 3.8) is 0 Å². The first-order chi connectivity index (χ1) is 12.2. The Labute approximate surface area is 145 Å². The Morgan fingerprint density at radius 3 is 3.04 bits per heavy atom. The van der Waals surface area contributed by atoms with Crippen LogP contribution in [0.15, 0.2) is 35.3 Å². The molecule has 5 heteroatoms. The van der Waals surface area contributed by atoms with Crippen LogP contribution in [0, 0.1) is 5.92 Å². The molecule has 1 unspecified atom stereocenters. The number of H-pyrrole nitrogens is 1. The quantitative estimate of drug-likeness (QED) is 0.756. The minimum atomic E-state index is -0.139. The molecule has 1 aromatic carbocycles. The van der Waals surface area contributed by atoms with Gasteiger partial charge >= 0.3 is 0 Å². The molecule has 2 aromatic heterocycles. The fourth-order valence-electron chi connectivity index (χ4n) is 3.47. The Balaban J connectivity index is 1.95. The van der Waals surface area contributed by atoms with Crippen LogP contribution in [0.2, 0.25) is 0 Å². The highest BCUT2D eigenvalue weighted by Crippen LogP contribution is 2.27. The summed E-state index contributed by atoms with van der Waals surface area (Å²) < 4.78 is 2.16. The molecule has 2 heterocycles. The second-order valence-electron chi connectivity index (χ2n) is 6.69. The first-order valence-corrected chi connectivity index (χ1v) is 8.78. The van der Waals surface area contributed by atoms with Crippen molar-refractivity contribution in [3.8, 4) is 11.3 Å². The third kappa shape index (κ3) is 2.81. The van der Waals surface area contributed by atoms with Crippen LogP contribution in [0.4, 0.5) is 0 Å². The number of aryl methyl sites for hydroxylation is 1. The maximum atomic E-state index is 12.7. The van der Waals surface area contributed by atoms with Crippen LogP contribution in [0.3, 0.4) is 0 Å². The van der Waals surface area contributed by atoms with Crippen molar-refractivity contribution in [2.45, 2.75) is 26.3 Å².